The molecule has 0 spiro atoms. The van der Waals surface area contributed by atoms with Crippen LogP contribution < -0.4 is 4.90 Å². The minimum atomic E-state index is -3.87. The van der Waals surface area contributed by atoms with Gasteiger partial charge in [0.05, 0.1) is 17.2 Å². The quantitative estimate of drug-likeness (QED) is 0.601. The fraction of sp³-hybridized carbons (Fsp3) is 0.435. The maximum atomic E-state index is 13.4. The number of carbonyl (C=O) groups is 1. The highest BCUT2D eigenvalue weighted by Crippen LogP contribution is 2.29. The smallest absolute Gasteiger partial charge is 0.258 e. The number of hydrogen-bond donors (Lipinski definition) is 0. The topological polar surface area (TPSA) is 66.9 Å². The number of amides is 1. The number of anilines is 1. The summed E-state index contributed by atoms with van der Waals surface area (Å²) >= 11 is 6.30. The Kier molecular flexibility index (Phi) is 7.75. The van der Waals surface area contributed by atoms with Crippen LogP contribution in [0.3, 0.4) is 0 Å². The number of carbonyl (C=O) groups excluding carboxylic acids is 1. The van der Waals surface area contributed by atoms with E-state index in [9.17, 15) is 13.2 Å². The van der Waals surface area contributed by atoms with Gasteiger partial charge < -0.3 is 9.64 Å². The van der Waals surface area contributed by atoms with E-state index >= 15 is 0 Å². The fourth-order valence-electron chi connectivity index (χ4n) is 3.73. The molecule has 1 aliphatic rings. The number of benzene rings is 2. The van der Waals surface area contributed by atoms with Crippen LogP contribution in [0.25, 0.3) is 0 Å². The summed E-state index contributed by atoms with van der Waals surface area (Å²) in [5.74, 6) is -0.253. The summed E-state index contributed by atoms with van der Waals surface area (Å²) < 4.78 is 33.7. The molecule has 0 radical (unpaired) electrons. The van der Waals surface area contributed by atoms with Crippen LogP contribution in [0.5, 0.6) is 0 Å². The van der Waals surface area contributed by atoms with Crippen molar-refractivity contribution >= 4 is 33.2 Å². The van der Waals surface area contributed by atoms with Crippen molar-refractivity contribution in [2.75, 3.05) is 24.5 Å². The van der Waals surface area contributed by atoms with Crippen LogP contribution in [-0.4, -0.2) is 50.5 Å². The van der Waals surface area contributed by atoms with Crippen LogP contribution in [0.15, 0.2) is 53.4 Å². The van der Waals surface area contributed by atoms with Crippen LogP contribution in [0.2, 0.25) is 5.02 Å². The van der Waals surface area contributed by atoms with Crippen molar-refractivity contribution in [3.63, 3.8) is 0 Å². The zero-order chi connectivity index (χ0) is 22.6. The van der Waals surface area contributed by atoms with E-state index in [0.717, 1.165) is 18.5 Å². The molecule has 1 fully saturated rings. The molecule has 1 heterocycles. The van der Waals surface area contributed by atoms with E-state index < -0.39 is 10.0 Å². The van der Waals surface area contributed by atoms with Crippen molar-refractivity contribution in [3.8, 4) is 0 Å². The van der Waals surface area contributed by atoms with Gasteiger partial charge in [-0.15, -0.1) is 0 Å². The molecule has 2 aromatic carbocycles. The molecular formula is C23H29ClN2O4S. The molecule has 8 heteroatoms. The van der Waals surface area contributed by atoms with Crippen molar-refractivity contribution in [3.05, 3.63) is 59.1 Å². The Morgan fingerprint density at radius 1 is 1.13 bits per heavy atom. The van der Waals surface area contributed by atoms with E-state index in [2.05, 4.69) is 6.92 Å². The molecule has 0 unspecified atom stereocenters. The Morgan fingerprint density at radius 2 is 1.77 bits per heavy atom. The predicted octanol–water partition coefficient (Wildman–Crippen LogP) is 4.58. The molecule has 168 valence electrons. The number of para-hydroxylation sites is 1. The number of sulfonamides is 1. The summed E-state index contributed by atoms with van der Waals surface area (Å²) in [5, 5.41) is 0.100. The first-order valence-electron chi connectivity index (χ1n) is 10.6. The lowest BCUT2D eigenvalue weighted by atomic mass is 10.1. The number of unbranched alkanes of at least 4 members (excludes halogenated alkanes) is 1. The maximum absolute atomic E-state index is 13.4. The number of ether oxygens (including phenoxy) is 1. The van der Waals surface area contributed by atoms with Gasteiger partial charge in [-0.3, -0.25) is 4.79 Å². The highest BCUT2D eigenvalue weighted by Gasteiger charge is 2.34. The molecule has 6 nitrogen and oxygen atoms in total. The highest BCUT2D eigenvalue weighted by atomic mass is 35.5. The van der Waals surface area contributed by atoms with Gasteiger partial charge in [-0.1, -0.05) is 43.1 Å². The van der Waals surface area contributed by atoms with Gasteiger partial charge in [0.1, 0.15) is 4.90 Å². The van der Waals surface area contributed by atoms with Crippen molar-refractivity contribution in [1.82, 2.24) is 4.31 Å². The highest BCUT2D eigenvalue weighted by molar-refractivity contribution is 7.89. The molecule has 0 aromatic heterocycles. The van der Waals surface area contributed by atoms with Crippen LogP contribution in [0.1, 0.15) is 44.0 Å². The van der Waals surface area contributed by atoms with Crippen LogP contribution in [0, 0.1) is 0 Å². The van der Waals surface area contributed by atoms with Crippen LogP contribution in [-0.2, 0) is 14.8 Å². The molecule has 2 aromatic rings. The lowest BCUT2D eigenvalue weighted by Gasteiger charge is -2.34. The van der Waals surface area contributed by atoms with Gasteiger partial charge in [0.2, 0.25) is 10.0 Å². The second-order valence-corrected chi connectivity index (χ2v) is 10.2. The minimum Gasteiger partial charge on any atom is -0.373 e. The largest absolute Gasteiger partial charge is 0.373 e. The molecule has 3 rings (SSSR count). The average Bonchev–Trinajstić information content (AvgIpc) is 2.74. The molecule has 0 bridgehead atoms. The van der Waals surface area contributed by atoms with E-state index in [-0.39, 0.29) is 46.7 Å². The molecule has 1 saturated heterocycles. The summed E-state index contributed by atoms with van der Waals surface area (Å²) in [6.45, 7) is 6.77. The molecule has 1 amide bonds. The van der Waals surface area contributed by atoms with Crippen molar-refractivity contribution in [1.29, 1.82) is 0 Å². The number of rotatable bonds is 7. The lowest BCUT2D eigenvalue weighted by molar-refractivity contribution is -0.0440. The third kappa shape index (κ3) is 5.47. The van der Waals surface area contributed by atoms with Gasteiger partial charge in [-0.2, -0.15) is 4.31 Å². The number of halogens is 1. The first kappa shape index (κ1) is 23.7. The van der Waals surface area contributed by atoms with E-state index in [1.807, 2.05) is 44.2 Å². The Hall–Kier alpha value is -1.93. The monoisotopic (exact) mass is 464 g/mol. The van der Waals surface area contributed by atoms with E-state index in [4.69, 9.17) is 16.3 Å². The van der Waals surface area contributed by atoms with E-state index in [1.165, 1.54) is 16.4 Å². The first-order chi connectivity index (χ1) is 14.7. The second kappa shape index (κ2) is 10.1. The van der Waals surface area contributed by atoms with Crippen molar-refractivity contribution in [2.24, 2.45) is 0 Å². The zero-order valence-corrected chi connectivity index (χ0v) is 19.7. The second-order valence-electron chi connectivity index (χ2n) is 7.87. The van der Waals surface area contributed by atoms with E-state index in [0.29, 0.717) is 6.54 Å². The van der Waals surface area contributed by atoms with Gasteiger partial charge >= 0.3 is 0 Å². The molecule has 31 heavy (non-hydrogen) atoms. The normalized spacial score (nSPS) is 19.9. The molecule has 0 aliphatic carbocycles. The van der Waals surface area contributed by atoms with Crippen LogP contribution >= 0.6 is 11.6 Å². The third-order valence-electron chi connectivity index (χ3n) is 5.23. The molecule has 0 N–H and O–H groups in total. The Balaban J connectivity index is 1.96. The molecule has 0 saturated carbocycles. The molecular weight excluding hydrogens is 436 g/mol. The zero-order valence-electron chi connectivity index (χ0n) is 18.1. The van der Waals surface area contributed by atoms with Gasteiger partial charge in [-0.25, -0.2) is 8.42 Å². The standard InChI is InChI=1S/C23H29ClN2O4S/c1-4-5-13-26(20-9-7-6-8-10-20)23(27)19-11-12-21(24)22(14-19)31(28,29)25-15-17(2)30-18(3)16-25/h6-12,14,17-18H,4-5,13,15-16H2,1-3H3/t17-,18-/m0/s1. The molecule has 2 atom stereocenters. The summed E-state index contributed by atoms with van der Waals surface area (Å²) in [6.07, 6.45) is 1.34. The van der Waals surface area contributed by atoms with Crippen LogP contribution in [0.4, 0.5) is 5.69 Å². The summed E-state index contributed by atoms with van der Waals surface area (Å²) in [4.78, 5) is 15.0. The summed E-state index contributed by atoms with van der Waals surface area (Å²) in [5.41, 5.74) is 1.06. The summed E-state index contributed by atoms with van der Waals surface area (Å²) in [7, 11) is -3.87. The van der Waals surface area contributed by atoms with E-state index in [1.54, 1.807) is 11.0 Å². The van der Waals surface area contributed by atoms with Gasteiger partial charge in [0, 0.05) is 30.9 Å². The first-order valence-corrected chi connectivity index (χ1v) is 12.4. The Labute approximate surface area is 189 Å². The average molecular weight is 465 g/mol. The SMILES string of the molecule is CCCCN(C(=O)c1ccc(Cl)c(S(=O)(=O)N2C[C@H](C)O[C@@H](C)C2)c1)c1ccccc1. The summed E-state index contributed by atoms with van der Waals surface area (Å²) in [6, 6.07) is 13.8. The molecule has 1 aliphatic heterocycles. The number of hydrogen-bond acceptors (Lipinski definition) is 4. The van der Waals surface area contributed by atoms with Gasteiger partial charge in [-0.05, 0) is 50.6 Å². The van der Waals surface area contributed by atoms with Gasteiger partial charge in [0.25, 0.3) is 5.91 Å². The van der Waals surface area contributed by atoms with Crippen molar-refractivity contribution in [2.45, 2.75) is 50.7 Å². The lowest BCUT2D eigenvalue weighted by Crippen LogP contribution is -2.48. The third-order valence-corrected chi connectivity index (χ3v) is 7.54. The predicted molar refractivity (Wildman–Crippen MR) is 123 cm³/mol. The van der Waals surface area contributed by atoms with Gasteiger partial charge in [0.15, 0.2) is 0 Å². The van der Waals surface area contributed by atoms with Crippen molar-refractivity contribution < 1.29 is 17.9 Å². The minimum absolute atomic E-state index is 0.0511. The fourth-order valence-corrected chi connectivity index (χ4v) is 5.82. The number of nitrogens with zero attached hydrogens (tertiary/aromatic N) is 2. The maximum Gasteiger partial charge on any atom is 0.258 e. The Morgan fingerprint density at radius 3 is 2.39 bits per heavy atom. The Bertz CT molecular complexity index is 1000. The number of morpholine rings is 1.